The van der Waals surface area contributed by atoms with E-state index in [1.165, 1.54) is 21.4 Å². The van der Waals surface area contributed by atoms with Gasteiger partial charge in [0.2, 0.25) is 11.8 Å². The predicted octanol–water partition coefficient (Wildman–Crippen LogP) is 1.24. The molecule has 0 unspecified atom stereocenters. The number of carbonyl (C=O) groups is 2. The third-order valence-corrected chi connectivity index (χ3v) is 4.85. The Morgan fingerprint density at radius 2 is 2.10 bits per heavy atom. The van der Waals surface area contributed by atoms with Crippen molar-refractivity contribution < 1.29 is 14.7 Å². The van der Waals surface area contributed by atoms with Gasteiger partial charge in [0.25, 0.3) is 11.5 Å². The third-order valence-electron chi connectivity index (χ3n) is 4.85. The van der Waals surface area contributed by atoms with Crippen LogP contribution < -0.4 is 10.9 Å². The van der Waals surface area contributed by atoms with E-state index in [-0.39, 0.29) is 23.4 Å². The maximum atomic E-state index is 13.1. The summed E-state index contributed by atoms with van der Waals surface area (Å²) in [5, 5.41) is 17.5. The lowest BCUT2D eigenvalue weighted by Gasteiger charge is -2.15. The average Bonchev–Trinajstić information content (AvgIpc) is 3.38. The van der Waals surface area contributed by atoms with Crippen LogP contribution in [0.5, 0.6) is 5.88 Å². The van der Waals surface area contributed by atoms with Gasteiger partial charge in [-0.1, -0.05) is 13.8 Å². The second-order valence-corrected chi connectivity index (χ2v) is 7.78. The Kier molecular flexibility index (Phi) is 5.76. The summed E-state index contributed by atoms with van der Waals surface area (Å²) in [5.41, 5.74) is -0.0445. The van der Waals surface area contributed by atoms with Crippen LogP contribution in [0.15, 0.2) is 17.1 Å². The highest BCUT2D eigenvalue weighted by atomic mass is 16.3. The number of amides is 2. The minimum absolute atomic E-state index is 0.0493. The van der Waals surface area contributed by atoms with E-state index in [4.69, 9.17) is 0 Å². The second kappa shape index (κ2) is 8.10. The third kappa shape index (κ3) is 4.18. The molecule has 0 aromatic carbocycles. The number of hydrogen-bond donors (Lipinski definition) is 2. The largest absolute Gasteiger partial charge is 0.492 e. The van der Waals surface area contributed by atoms with Gasteiger partial charge in [-0.15, -0.1) is 0 Å². The molecule has 0 radical (unpaired) electrons. The van der Waals surface area contributed by atoms with E-state index >= 15 is 0 Å². The van der Waals surface area contributed by atoms with E-state index in [0.29, 0.717) is 24.3 Å². The number of aromatic hydroxyl groups is 1. The van der Waals surface area contributed by atoms with Gasteiger partial charge in [0.05, 0.1) is 6.20 Å². The first-order valence-electron chi connectivity index (χ1n) is 9.82. The minimum atomic E-state index is -0.596. The van der Waals surface area contributed by atoms with Crippen molar-refractivity contribution in [1.29, 1.82) is 0 Å². The molecule has 2 N–H and O–H groups in total. The van der Waals surface area contributed by atoms with Crippen LogP contribution in [-0.4, -0.2) is 55.6 Å². The molecule has 2 aromatic heterocycles. The lowest BCUT2D eigenvalue weighted by atomic mass is 10.2. The van der Waals surface area contributed by atoms with Gasteiger partial charge in [0, 0.05) is 37.8 Å². The molecule has 0 aliphatic heterocycles. The smallest absolute Gasteiger partial charge is 0.270 e. The van der Waals surface area contributed by atoms with Crippen molar-refractivity contribution in [1.82, 2.24) is 24.4 Å². The first kappa shape index (κ1) is 20.6. The number of nitrogens with one attached hydrogen (secondary N) is 1. The number of nitrogens with zero attached hydrogens (tertiary/aromatic N) is 4. The van der Waals surface area contributed by atoms with Crippen LogP contribution in [0, 0.1) is 5.92 Å². The fourth-order valence-electron chi connectivity index (χ4n) is 2.99. The summed E-state index contributed by atoms with van der Waals surface area (Å²) in [4.78, 5) is 39.3. The Morgan fingerprint density at radius 3 is 2.69 bits per heavy atom. The molecule has 1 fully saturated rings. The van der Waals surface area contributed by atoms with Crippen molar-refractivity contribution in [2.75, 3.05) is 13.6 Å². The Bertz CT molecular complexity index is 1030. The molecule has 1 aliphatic carbocycles. The molecular formula is C20H27N5O4. The standard InChI is InChI=1S/C20H27N5O4/c1-5-23(4)15(26)9-6-13-10-21-25-18(13)24(11-12(2)3)19(28)16(20(25)29)17(27)22-14-7-8-14/h6,9-10,12,14,29H,5,7-8,11H2,1-4H3,(H,22,27). The zero-order valence-electron chi connectivity index (χ0n) is 17.2. The topological polar surface area (TPSA) is 109 Å². The zero-order chi connectivity index (χ0) is 21.3. The van der Waals surface area contributed by atoms with E-state index in [0.717, 1.165) is 12.8 Å². The van der Waals surface area contributed by atoms with Crippen molar-refractivity contribution in [3.8, 4) is 5.88 Å². The summed E-state index contributed by atoms with van der Waals surface area (Å²) >= 11 is 0. The van der Waals surface area contributed by atoms with Crippen molar-refractivity contribution >= 4 is 23.5 Å². The molecule has 3 rings (SSSR count). The highest BCUT2D eigenvalue weighted by Crippen LogP contribution is 2.23. The van der Waals surface area contributed by atoms with Gasteiger partial charge in [0.15, 0.2) is 5.56 Å². The van der Waals surface area contributed by atoms with Gasteiger partial charge >= 0.3 is 0 Å². The average molecular weight is 401 g/mol. The highest BCUT2D eigenvalue weighted by molar-refractivity contribution is 5.97. The monoisotopic (exact) mass is 401 g/mol. The molecule has 2 heterocycles. The molecular weight excluding hydrogens is 374 g/mol. The summed E-state index contributed by atoms with van der Waals surface area (Å²) in [5.74, 6) is -1.17. The Balaban J connectivity index is 2.14. The van der Waals surface area contributed by atoms with Crippen LogP contribution >= 0.6 is 0 Å². The molecule has 9 nitrogen and oxygen atoms in total. The van der Waals surface area contributed by atoms with Gasteiger partial charge in [-0.3, -0.25) is 19.0 Å². The predicted molar refractivity (Wildman–Crippen MR) is 109 cm³/mol. The van der Waals surface area contributed by atoms with Gasteiger partial charge in [-0.25, -0.2) is 0 Å². The molecule has 156 valence electrons. The molecule has 0 bridgehead atoms. The van der Waals surface area contributed by atoms with Crippen molar-refractivity contribution in [2.45, 2.75) is 46.2 Å². The second-order valence-electron chi connectivity index (χ2n) is 7.78. The van der Waals surface area contributed by atoms with Crippen molar-refractivity contribution in [2.24, 2.45) is 5.92 Å². The SMILES string of the molecule is CCN(C)C(=O)C=Cc1cnn2c(O)c(C(=O)NC3CC3)c(=O)n(CC(C)C)c12. The number of aromatic nitrogens is 3. The van der Waals surface area contributed by atoms with Gasteiger partial charge < -0.3 is 15.3 Å². The van der Waals surface area contributed by atoms with E-state index in [1.807, 2.05) is 20.8 Å². The van der Waals surface area contributed by atoms with Crippen LogP contribution in [-0.2, 0) is 11.3 Å². The van der Waals surface area contributed by atoms with E-state index in [1.54, 1.807) is 18.0 Å². The molecule has 0 saturated heterocycles. The molecule has 9 heteroatoms. The first-order chi connectivity index (χ1) is 13.7. The molecule has 2 amide bonds. The Labute approximate surface area is 168 Å². The lowest BCUT2D eigenvalue weighted by molar-refractivity contribution is -0.124. The van der Waals surface area contributed by atoms with Crippen LogP contribution in [0.1, 0.15) is 49.5 Å². The number of hydrogen-bond acceptors (Lipinski definition) is 5. The number of fused-ring (bicyclic) bond motifs is 1. The highest BCUT2D eigenvalue weighted by Gasteiger charge is 2.29. The number of rotatable bonds is 7. The Morgan fingerprint density at radius 1 is 1.41 bits per heavy atom. The molecule has 0 spiro atoms. The fourth-order valence-corrected chi connectivity index (χ4v) is 2.99. The van der Waals surface area contributed by atoms with Crippen LogP contribution in [0.4, 0.5) is 0 Å². The van der Waals surface area contributed by atoms with Crippen molar-refractivity contribution in [3.05, 3.63) is 33.8 Å². The summed E-state index contributed by atoms with van der Waals surface area (Å²) in [6.07, 6.45) is 6.16. The Hall–Kier alpha value is -3.10. The lowest BCUT2D eigenvalue weighted by Crippen LogP contribution is -2.36. The summed E-state index contributed by atoms with van der Waals surface area (Å²) in [6.45, 7) is 6.67. The van der Waals surface area contributed by atoms with Crippen molar-refractivity contribution in [3.63, 3.8) is 0 Å². The number of carbonyl (C=O) groups excluding carboxylic acids is 2. The maximum Gasteiger partial charge on any atom is 0.270 e. The normalized spacial score (nSPS) is 14.1. The number of likely N-dealkylation sites (N-methyl/N-ethyl adjacent to an activating group) is 1. The molecule has 2 aromatic rings. The van der Waals surface area contributed by atoms with Gasteiger partial charge in [0.1, 0.15) is 5.65 Å². The van der Waals surface area contributed by atoms with E-state index in [2.05, 4.69) is 10.4 Å². The van der Waals surface area contributed by atoms with E-state index in [9.17, 15) is 19.5 Å². The summed E-state index contributed by atoms with van der Waals surface area (Å²) in [7, 11) is 1.69. The summed E-state index contributed by atoms with van der Waals surface area (Å²) < 4.78 is 2.62. The fraction of sp³-hybridized carbons (Fsp3) is 0.500. The van der Waals surface area contributed by atoms with Gasteiger partial charge in [-0.05, 0) is 31.8 Å². The molecule has 0 atom stereocenters. The quantitative estimate of drug-likeness (QED) is 0.679. The van der Waals surface area contributed by atoms with E-state index < -0.39 is 17.3 Å². The maximum absolute atomic E-state index is 13.1. The van der Waals surface area contributed by atoms with Crippen LogP contribution in [0.25, 0.3) is 11.7 Å². The van der Waals surface area contributed by atoms with Gasteiger partial charge in [-0.2, -0.15) is 9.61 Å². The van der Waals surface area contributed by atoms with Crippen LogP contribution in [0.3, 0.4) is 0 Å². The molecule has 29 heavy (non-hydrogen) atoms. The molecule has 1 aliphatic rings. The molecule has 1 saturated carbocycles. The first-order valence-corrected chi connectivity index (χ1v) is 9.82. The summed E-state index contributed by atoms with van der Waals surface area (Å²) in [6, 6.07) is 0.0493. The zero-order valence-corrected chi connectivity index (χ0v) is 17.2. The van der Waals surface area contributed by atoms with Crippen LogP contribution in [0.2, 0.25) is 0 Å². The minimum Gasteiger partial charge on any atom is -0.492 e.